The maximum absolute atomic E-state index is 6.25. The second kappa shape index (κ2) is 6.02. The molecule has 2 rings (SSSR count). The summed E-state index contributed by atoms with van der Waals surface area (Å²) in [6.45, 7) is 9.06. The Morgan fingerprint density at radius 1 is 1.42 bits per heavy atom. The topological polar surface area (TPSA) is 42.2 Å². The third-order valence-electron chi connectivity index (χ3n) is 4.89. The predicted molar refractivity (Wildman–Crippen MR) is 79.8 cm³/mol. The summed E-state index contributed by atoms with van der Waals surface area (Å²) in [5.74, 6) is 0. The molecule has 2 N–H and O–H groups in total. The summed E-state index contributed by atoms with van der Waals surface area (Å²) in [4.78, 5) is 6.82. The van der Waals surface area contributed by atoms with Crippen molar-refractivity contribution < 1.29 is 0 Å². The summed E-state index contributed by atoms with van der Waals surface area (Å²) in [7, 11) is 0. The van der Waals surface area contributed by atoms with Crippen LogP contribution in [0.3, 0.4) is 0 Å². The van der Waals surface area contributed by atoms with Crippen molar-refractivity contribution in [3.63, 3.8) is 0 Å². The van der Waals surface area contributed by atoms with Gasteiger partial charge in [-0.15, -0.1) is 0 Å². The number of pyridine rings is 1. The molecule has 19 heavy (non-hydrogen) atoms. The van der Waals surface area contributed by atoms with Crippen molar-refractivity contribution in [3.05, 3.63) is 30.1 Å². The van der Waals surface area contributed by atoms with Gasteiger partial charge < -0.3 is 5.73 Å². The Morgan fingerprint density at radius 3 is 2.63 bits per heavy atom. The minimum absolute atomic E-state index is 0.133. The highest BCUT2D eigenvalue weighted by Crippen LogP contribution is 2.40. The molecule has 0 saturated carbocycles. The monoisotopic (exact) mass is 261 g/mol. The minimum Gasteiger partial charge on any atom is -0.326 e. The Bertz CT molecular complexity index is 384. The van der Waals surface area contributed by atoms with E-state index in [4.69, 9.17) is 5.73 Å². The summed E-state index contributed by atoms with van der Waals surface area (Å²) in [6, 6.07) is 4.59. The van der Waals surface area contributed by atoms with Gasteiger partial charge in [-0.3, -0.25) is 9.88 Å². The van der Waals surface area contributed by atoms with E-state index in [0.29, 0.717) is 11.5 Å². The second-order valence-electron chi connectivity index (χ2n) is 6.02. The van der Waals surface area contributed by atoms with Crippen molar-refractivity contribution in [3.8, 4) is 0 Å². The first-order valence-electron chi connectivity index (χ1n) is 7.51. The predicted octanol–water partition coefficient (Wildman–Crippen LogP) is 2.98. The highest BCUT2D eigenvalue weighted by molar-refractivity contribution is 5.17. The van der Waals surface area contributed by atoms with E-state index < -0.39 is 0 Å². The number of aromatic nitrogens is 1. The van der Waals surface area contributed by atoms with E-state index in [1.807, 2.05) is 18.5 Å². The largest absolute Gasteiger partial charge is 0.326 e. The Labute approximate surface area is 117 Å². The summed E-state index contributed by atoms with van der Waals surface area (Å²) >= 11 is 0. The van der Waals surface area contributed by atoms with E-state index in [1.165, 1.54) is 31.4 Å². The van der Waals surface area contributed by atoms with Gasteiger partial charge in [-0.1, -0.05) is 19.9 Å². The van der Waals surface area contributed by atoms with Crippen LogP contribution in [-0.4, -0.2) is 29.0 Å². The summed E-state index contributed by atoms with van der Waals surface area (Å²) in [6.07, 6.45) is 7.61. The van der Waals surface area contributed by atoms with Crippen molar-refractivity contribution in [1.82, 2.24) is 9.88 Å². The van der Waals surface area contributed by atoms with Gasteiger partial charge in [-0.25, -0.2) is 0 Å². The average Bonchev–Trinajstić information content (AvgIpc) is 2.85. The Kier molecular flexibility index (Phi) is 4.58. The van der Waals surface area contributed by atoms with E-state index in [0.717, 1.165) is 6.54 Å². The van der Waals surface area contributed by atoms with E-state index in [2.05, 4.69) is 36.7 Å². The quantitative estimate of drug-likeness (QED) is 0.886. The lowest BCUT2D eigenvalue weighted by Crippen LogP contribution is -2.39. The molecule has 2 atom stereocenters. The molecule has 1 aliphatic heterocycles. The van der Waals surface area contributed by atoms with Crippen molar-refractivity contribution in [2.24, 2.45) is 11.1 Å². The zero-order valence-corrected chi connectivity index (χ0v) is 12.5. The van der Waals surface area contributed by atoms with Crippen molar-refractivity contribution >= 4 is 0 Å². The van der Waals surface area contributed by atoms with E-state index >= 15 is 0 Å². The molecule has 2 heterocycles. The van der Waals surface area contributed by atoms with Crippen LogP contribution in [-0.2, 0) is 0 Å². The van der Waals surface area contributed by atoms with Gasteiger partial charge in [-0.2, -0.15) is 0 Å². The number of rotatable bonds is 5. The Hall–Kier alpha value is -0.930. The molecule has 0 spiro atoms. The molecule has 1 fully saturated rings. The van der Waals surface area contributed by atoms with Crippen LogP contribution in [0.15, 0.2) is 24.5 Å². The zero-order chi connectivity index (χ0) is 13.9. The third kappa shape index (κ3) is 2.98. The van der Waals surface area contributed by atoms with Gasteiger partial charge in [0.2, 0.25) is 0 Å². The molecule has 2 unspecified atom stereocenters. The lowest BCUT2D eigenvalue weighted by molar-refractivity contribution is 0.178. The highest BCUT2D eigenvalue weighted by atomic mass is 15.2. The SMILES string of the molecule is CCC1(CC)CCN(C(c2cccnc2)C(C)N)C1. The fourth-order valence-corrected chi connectivity index (χ4v) is 3.43. The maximum Gasteiger partial charge on any atom is 0.0511 e. The Balaban J connectivity index is 2.19. The van der Waals surface area contributed by atoms with Gasteiger partial charge in [0.15, 0.2) is 0 Å². The maximum atomic E-state index is 6.25. The number of nitrogens with two attached hydrogens (primary N) is 1. The van der Waals surface area contributed by atoms with Gasteiger partial charge >= 0.3 is 0 Å². The van der Waals surface area contributed by atoms with Crippen LogP contribution in [0, 0.1) is 5.41 Å². The van der Waals surface area contributed by atoms with Crippen LogP contribution in [0.5, 0.6) is 0 Å². The smallest absolute Gasteiger partial charge is 0.0511 e. The first-order valence-corrected chi connectivity index (χ1v) is 7.51. The van der Waals surface area contributed by atoms with Gasteiger partial charge in [0.1, 0.15) is 0 Å². The van der Waals surface area contributed by atoms with Gasteiger partial charge in [-0.05, 0) is 49.8 Å². The summed E-state index contributed by atoms with van der Waals surface area (Å²) in [5.41, 5.74) is 8.00. The first kappa shape index (κ1) is 14.5. The number of likely N-dealkylation sites (tertiary alicyclic amines) is 1. The number of hydrogen-bond acceptors (Lipinski definition) is 3. The van der Waals surface area contributed by atoms with Crippen molar-refractivity contribution in [2.45, 2.75) is 52.1 Å². The van der Waals surface area contributed by atoms with E-state index in [-0.39, 0.29) is 6.04 Å². The van der Waals surface area contributed by atoms with Crippen LogP contribution in [0.25, 0.3) is 0 Å². The van der Waals surface area contributed by atoms with Crippen LogP contribution in [0.1, 0.15) is 51.6 Å². The van der Waals surface area contributed by atoms with Crippen LogP contribution >= 0.6 is 0 Å². The van der Waals surface area contributed by atoms with Crippen LogP contribution in [0.4, 0.5) is 0 Å². The fraction of sp³-hybridized carbons (Fsp3) is 0.688. The highest BCUT2D eigenvalue weighted by Gasteiger charge is 2.39. The summed E-state index contributed by atoms with van der Waals surface area (Å²) in [5, 5.41) is 0. The summed E-state index contributed by atoms with van der Waals surface area (Å²) < 4.78 is 0. The molecular formula is C16H27N3. The van der Waals surface area contributed by atoms with Crippen LogP contribution in [0.2, 0.25) is 0 Å². The lowest BCUT2D eigenvalue weighted by atomic mass is 9.82. The minimum atomic E-state index is 0.133. The zero-order valence-electron chi connectivity index (χ0n) is 12.5. The van der Waals surface area contributed by atoms with Crippen molar-refractivity contribution in [2.75, 3.05) is 13.1 Å². The number of nitrogens with zero attached hydrogens (tertiary/aromatic N) is 2. The molecule has 0 amide bonds. The molecular weight excluding hydrogens is 234 g/mol. The molecule has 106 valence electrons. The molecule has 0 radical (unpaired) electrons. The molecule has 0 aromatic carbocycles. The molecule has 1 aromatic heterocycles. The molecule has 0 aliphatic carbocycles. The molecule has 1 saturated heterocycles. The Morgan fingerprint density at radius 2 is 2.16 bits per heavy atom. The molecule has 3 heteroatoms. The van der Waals surface area contributed by atoms with Gasteiger partial charge in [0.05, 0.1) is 6.04 Å². The van der Waals surface area contributed by atoms with E-state index in [9.17, 15) is 0 Å². The lowest BCUT2D eigenvalue weighted by Gasteiger charge is -2.33. The molecule has 1 aliphatic rings. The number of hydrogen-bond donors (Lipinski definition) is 1. The third-order valence-corrected chi connectivity index (χ3v) is 4.89. The molecule has 3 nitrogen and oxygen atoms in total. The first-order chi connectivity index (χ1) is 9.12. The molecule has 1 aromatic rings. The van der Waals surface area contributed by atoms with E-state index in [1.54, 1.807) is 0 Å². The normalized spacial score (nSPS) is 22.3. The second-order valence-corrected chi connectivity index (χ2v) is 6.02. The van der Waals surface area contributed by atoms with Crippen LogP contribution < -0.4 is 5.73 Å². The van der Waals surface area contributed by atoms with Crippen molar-refractivity contribution in [1.29, 1.82) is 0 Å². The average molecular weight is 261 g/mol. The standard InChI is InChI=1S/C16H27N3/c1-4-16(5-2)8-10-19(12-16)15(13(3)17)14-7-6-9-18-11-14/h6-7,9,11,13,15H,4-5,8,10,12,17H2,1-3H3. The van der Waals surface area contributed by atoms with Gasteiger partial charge in [0.25, 0.3) is 0 Å². The molecule has 0 bridgehead atoms. The van der Waals surface area contributed by atoms with Gasteiger partial charge in [0, 0.05) is 25.0 Å². The fourth-order valence-electron chi connectivity index (χ4n) is 3.43.